The van der Waals surface area contributed by atoms with Gasteiger partial charge in [-0.1, -0.05) is 29.8 Å². The van der Waals surface area contributed by atoms with E-state index in [1.165, 1.54) is 0 Å². The molecular weight excluding hydrogens is 148 g/mol. The van der Waals surface area contributed by atoms with E-state index in [4.69, 9.17) is 0 Å². The zero-order valence-electron chi connectivity index (χ0n) is 5.42. The van der Waals surface area contributed by atoms with Gasteiger partial charge in [0.1, 0.15) is 0 Å². The normalized spacial score (nSPS) is 9.11. The van der Waals surface area contributed by atoms with E-state index in [1.54, 1.807) is 11.8 Å². The molecule has 9 heavy (non-hydrogen) atoms. The Labute approximate surface area is 66.5 Å². The lowest BCUT2D eigenvalue weighted by molar-refractivity contribution is 1.66. The Morgan fingerprint density at radius 1 is 1.67 bits per heavy atom. The zero-order valence-corrected chi connectivity index (χ0v) is 7.14. The first kappa shape index (κ1) is 9.00. The summed E-state index contributed by atoms with van der Waals surface area (Å²) >= 11 is 5.55. The minimum Gasteiger partial charge on any atom is -0.166 e. The molecule has 0 aliphatic heterocycles. The lowest BCUT2D eigenvalue weighted by Crippen LogP contribution is -1.64. The first-order valence-corrected chi connectivity index (χ1v) is 4.35. The fourth-order valence-electron chi connectivity index (χ4n) is 0.269. The molecule has 0 aromatic rings. The third-order valence-electron chi connectivity index (χ3n) is 0.639. The number of hydrogen-bond donors (Lipinski definition) is 1. The largest absolute Gasteiger partial charge is 0.166 e. The molecule has 0 N–H and O–H groups in total. The molecular formula is C7H10S2. The first-order valence-electron chi connectivity index (χ1n) is 2.73. The van der Waals surface area contributed by atoms with Gasteiger partial charge in [-0.15, -0.1) is 0 Å². The summed E-state index contributed by atoms with van der Waals surface area (Å²) in [5, 5.41) is 2.91. The summed E-state index contributed by atoms with van der Waals surface area (Å²) in [6.45, 7) is 2.01. The van der Waals surface area contributed by atoms with Gasteiger partial charge in [0.15, 0.2) is 0 Å². The average Bonchev–Trinajstić information content (AvgIpc) is 1.89. The number of allylic oxidation sites excluding steroid dienone is 1. The molecule has 0 bridgehead atoms. The maximum absolute atomic E-state index is 3.94. The van der Waals surface area contributed by atoms with Crippen LogP contribution in [0.5, 0.6) is 0 Å². The Bertz CT molecular complexity index is 128. The summed E-state index contributed by atoms with van der Waals surface area (Å²) in [7, 11) is 0. The second-order valence-electron chi connectivity index (χ2n) is 1.32. The van der Waals surface area contributed by atoms with Gasteiger partial charge in [0.25, 0.3) is 0 Å². The van der Waals surface area contributed by atoms with E-state index in [9.17, 15) is 0 Å². The van der Waals surface area contributed by atoms with Gasteiger partial charge in [-0.05, 0) is 12.2 Å². The van der Waals surface area contributed by atoms with Crippen LogP contribution in [-0.2, 0) is 0 Å². The summed E-state index contributed by atoms with van der Waals surface area (Å²) in [5.41, 5.74) is 0. The zero-order chi connectivity index (χ0) is 6.95. The Balaban J connectivity index is 3.09. The van der Waals surface area contributed by atoms with Crippen molar-refractivity contribution in [2.75, 3.05) is 11.5 Å². The van der Waals surface area contributed by atoms with E-state index >= 15 is 0 Å². The number of hydrogen-bond acceptors (Lipinski definition) is 2. The topological polar surface area (TPSA) is 0 Å². The second-order valence-corrected chi connectivity index (χ2v) is 2.46. The standard InChI is InChI=1S/C7H10S2/c1-2-3-6-9-7-4-5-8/h2-3,8H,5-6H2,1H3. The highest BCUT2D eigenvalue weighted by molar-refractivity contribution is 8.04. The Morgan fingerprint density at radius 2 is 2.44 bits per heavy atom. The van der Waals surface area contributed by atoms with Gasteiger partial charge >= 0.3 is 0 Å². The van der Waals surface area contributed by atoms with E-state index in [2.05, 4.69) is 29.9 Å². The molecule has 0 aromatic carbocycles. The van der Waals surface area contributed by atoms with Crippen molar-refractivity contribution in [2.24, 2.45) is 0 Å². The summed E-state index contributed by atoms with van der Waals surface area (Å²) < 4.78 is 0. The molecule has 0 aliphatic rings. The van der Waals surface area contributed by atoms with Crippen LogP contribution < -0.4 is 0 Å². The molecule has 0 nitrogen and oxygen atoms in total. The van der Waals surface area contributed by atoms with Crippen LogP contribution in [0, 0.1) is 11.2 Å². The average molecular weight is 158 g/mol. The maximum atomic E-state index is 3.94. The predicted molar refractivity (Wildman–Crippen MR) is 48.9 cm³/mol. The lowest BCUT2D eigenvalue weighted by Gasteiger charge is -1.78. The molecule has 2 heteroatoms. The van der Waals surface area contributed by atoms with Gasteiger partial charge in [0, 0.05) is 5.75 Å². The molecule has 0 saturated carbocycles. The van der Waals surface area contributed by atoms with E-state index in [-0.39, 0.29) is 0 Å². The van der Waals surface area contributed by atoms with Crippen molar-refractivity contribution in [3.05, 3.63) is 12.2 Å². The monoisotopic (exact) mass is 158 g/mol. The smallest absolute Gasteiger partial charge is 0.0526 e. The lowest BCUT2D eigenvalue weighted by atomic mass is 10.6. The molecule has 0 radical (unpaired) electrons. The van der Waals surface area contributed by atoms with Gasteiger partial charge in [-0.25, -0.2) is 0 Å². The van der Waals surface area contributed by atoms with Crippen LogP contribution in [0.3, 0.4) is 0 Å². The van der Waals surface area contributed by atoms with Crippen molar-refractivity contribution in [3.63, 3.8) is 0 Å². The summed E-state index contributed by atoms with van der Waals surface area (Å²) in [5.74, 6) is 4.49. The third kappa shape index (κ3) is 8.00. The summed E-state index contributed by atoms with van der Waals surface area (Å²) in [6, 6.07) is 0. The van der Waals surface area contributed by atoms with E-state index in [0.717, 1.165) is 5.75 Å². The van der Waals surface area contributed by atoms with Gasteiger partial charge in [0.2, 0.25) is 0 Å². The SMILES string of the molecule is CC=CCSC#CCS. The highest BCUT2D eigenvalue weighted by atomic mass is 32.2. The van der Waals surface area contributed by atoms with Gasteiger partial charge in [-0.2, -0.15) is 12.6 Å². The van der Waals surface area contributed by atoms with Crippen molar-refractivity contribution in [1.29, 1.82) is 0 Å². The van der Waals surface area contributed by atoms with Crippen molar-refractivity contribution in [2.45, 2.75) is 6.92 Å². The number of thiol groups is 1. The first-order chi connectivity index (χ1) is 4.41. The maximum Gasteiger partial charge on any atom is 0.0526 e. The highest BCUT2D eigenvalue weighted by Gasteiger charge is 1.71. The molecule has 0 heterocycles. The number of rotatable bonds is 2. The van der Waals surface area contributed by atoms with Crippen LogP contribution in [0.2, 0.25) is 0 Å². The van der Waals surface area contributed by atoms with E-state index in [0.29, 0.717) is 5.75 Å². The molecule has 0 amide bonds. The van der Waals surface area contributed by atoms with Gasteiger partial charge in [-0.3, -0.25) is 0 Å². The van der Waals surface area contributed by atoms with Crippen LogP contribution >= 0.6 is 24.4 Å². The molecule has 50 valence electrons. The minimum absolute atomic E-state index is 0.656. The van der Waals surface area contributed by atoms with Crippen molar-refractivity contribution < 1.29 is 0 Å². The van der Waals surface area contributed by atoms with Crippen LogP contribution in [0.4, 0.5) is 0 Å². The highest BCUT2D eigenvalue weighted by Crippen LogP contribution is 1.95. The minimum atomic E-state index is 0.656. The molecule has 0 aromatic heterocycles. The quantitative estimate of drug-likeness (QED) is 0.278. The fraction of sp³-hybridized carbons (Fsp3) is 0.429. The Morgan fingerprint density at radius 3 is 3.00 bits per heavy atom. The Hall–Kier alpha value is -0.0000000000000000555. The van der Waals surface area contributed by atoms with Gasteiger partial charge < -0.3 is 0 Å². The van der Waals surface area contributed by atoms with Crippen molar-refractivity contribution in [3.8, 4) is 11.2 Å². The molecule has 0 spiro atoms. The summed E-state index contributed by atoms with van der Waals surface area (Å²) in [6.07, 6.45) is 4.10. The fourth-order valence-corrected chi connectivity index (χ4v) is 1.00. The number of thioether (sulfide) groups is 1. The summed E-state index contributed by atoms with van der Waals surface area (Å²) in [4.78, 5) is 0. The molecule has 0 saturated heterocycles. The van der Waals surface area contributed by atoms with E-state index in [1.807, 2.05) is 13.0 Å². The van der Waals surface area contributed by atoms with Crippen LogP contribution in [0.1, 0.15) is 6.92 Å². The van der Waals surface area contributed by atoms with Crippen LogP contribution in [0.25, 0.3) is 0 Å². The van der Waals surface area contributed by atoms with Crippen molar-refractivity contribution in [1.82, 2.24) is 0 Å². The molecule has 0 atom stereocenters. The molecule has 0 rings (SSSR count). The predicted octanol–water partition coefficient (Wildman–Crippen LogP) is 2.19. The van der Waals surface area contributed by atoms with Crippen LogP contribution in [0.15, 0.2) is 12.2 Å². The molecule has 0 unspecified atom stereocenters. The second kappa shape index (κ2) is 8.00. The van der Waals surface area contributed by atoms with E-state index < -0.39 is 0 Å². The van der Waals surface area contributed by atoms with Gasteiger partial charge in [0.05, 0.1) is 5.75 Å². The van der Waals surface area contributed by atoms with Crippen LogP contribution in [-0.4, -0.2) is 11.5 Å². The molecule has 0 aliphatic carbocycles. The molecule has 0 fully saturated rings. The Kier molecular flexibility index (Phi) is 8.00. The van der Waals surface area contributed by atoms with Crippen molar-refractivity contribution >= 4 is 24.4 Å². The third-order valence-corrected chi connectivity index (χ3v) is 1.44.